The van der Waals surface area contributed by atoms with Crippen molar-refractivity contribution in [1.29, 1.82) is 0 Å². The number of benzene rings is 1. The average molecular weight is 409 g/mol. The second-order valence-electron chi connectivity index (χ2n) is 7.93. The van der Waals surface area contributed by atoms with E-state index in [1.807, 2.05) is 6.92 Å². The van der Waals surface area contributed by atoms with Gasteiger partial charge >= 0.3 is 0 Å². The van der Waals surface area contributed by atoms with Gasteiger partial charge in [0.2, 0.25) is 5.91 Å². The zero-order valence-corrected chi connectivity index (χ0v) is 17.5. The van der Waals surface area contributed by atoms with Gasteiger partial charge in [-0.3, -0.25) is 18.8 Å². The molecule has 1 atom stereocenters. The summed E-state index contributed by atoms with van der Waals surface area (Å²) in [5, 5.41) is 7.54. The van der Waals surface area contributed by atoms with Gasteiger partial charge in [0.15, 0.2) is 5.65 Å². The minimum Gasteiger partial charge on any atom is -0.372 e. The van der Waals surface area contributed by atoms with Gasteiger partial charge in [-0.05, 0) is 43.9 Å². The highest BCUT2D eigenvalue weighted by atomic mass is 16.2. The molecule has 1 N–H and O–H groups in total. The summed E-state index contributed by atoms with van der Waals surface area (Å²) in [7, 11) is 1.74. The molecule has 3 heterocycles. The lowest BCUT2D eigenvalue weighted by molar-refractivity contribution is -0.121. The van der Waals surface area contributed by atoms with Crippen molar-refractivity contribution in [2.24, 2.45) is 7.05 Å². The van der Waals surface area contributed by atoms with Crippen LogP contribution in [0, 0.1) is 0 Å². The third-order valence-electron chi connectivity index (χ3n) is 5.79. The number of nitrogens with one attached hydrogen (secondary N) is 1. The van der Waals surface area contributed by atoms with Gasteiger partial charge in [0.1, 0.15) is 5.39 Å². The van der Waals surface area contributed by atoms with Crippen LogP contribution in [0.15, 0.2) is 41.6 Å². The third kappa shape index (κ3) is 4.22. The van der Waals surface area contributed by atoms with Crippen LogP contribution >= 0.6 is 0 Å². The van der Waals surface area contributed by atoms with Gasteiger partial charge in [-0.15, -0.1) is 0 Å². The summed E-state index contributed by atoms with van der Waals surface area (Å²) in [5.41, 5.74) is 2.68. The van der Waals surface area contributed by atoms with Crippen LogP contribution in [0.1, 0.15) is 44.2 Å². The van der Waals surface area contributed by atoms with Crippen molar-refractivity contribution < 1.29 is 4.79 Å². The molecular formula is C22H28N6O2. The molecule has 30 heavy (non-hydrogen) atoms. The minimum atomic E-state index is -0.178. The number of aryl methyl sites for hydroxylation is 2. The Kier molecular flexibility index (Phi) is 5.83. The number of hydrogen-bond donors (Lipinski definition) is 1. The molecule has 1 amide bonds. The maximum Gasteiger partial charge on any atom is 0.264 e. The van der Waals surface area contributed by atoms with Crippen LogP contribution in [0.3, 0.4) is 0 Å². The predicted molar refractivity (Wildman–Crippen MR) is 116 cm³/mol. The van der Waals surface area contributed by atoms with Crippen LogP contribution in [0.5, 0.6) is 0 Å². The standard InChI is InChI=1S/C22H28N6O2/c1-16(17-6-8-18(9-7-17)27-11-4-3-5-12-27)25-20(29)10-13-28-15-23-21-19(22(28)30)14-24-26(21)2/h6-9,14-16H,3-5,10-13H2,1-2H3,(H,25,29)/t16-/m1/s1. The van der Waals surface area contributed by atoms with Gasteiger partial charge in [0.05, 0.1) is 18.6 Å². The van der Waals surface area contributed by atoms with Crippen LogP contribution in [0.4, 0.5) is 5.69 Å². The van der Waals surface area contributed by atoms with E-state index in [0.29, 0.717) is 11.0 Å². The van der Waals surface area contributed by atoms with Gasteiger partial charge in [0.25, 0.3) is 5.56 Å². The molecule has 1 fully saturated rings. The van der Waals surface area contributed by atoms with Crippen LogP contribution in [-0.4, -0.2) is 38.3 Å². The molecule has 0 saturated carbocycles. The van der Waals surface area contributed by atoms with Crippen LogP contribution in [0.25, 0.3) is 11.0 Å². The number of anilines is 1. The van der Waals surface area contributed by atoms with E-state index >= 15 is 0 Å². The van der Waals surface area contributed by atoms with Gasteiger partial charge in [-0.1, -0.05) is 12.1 Å². The van der Waals surface area contributed by atoms with Crippen molar-refractivity contribution in [3.05, 3.63) is 52.7 Å². The molecule has 1 saturated heterocycles. The van der Waals surface area contributed by atoms with Crippen LogP contribution < -0.4 is 15.8 Å². The van der Waals surface area contributed by atoms with Gasteiger partial charge < -0.3 is 10.2 Å². The van der Waals surface area contributed by atoms with Gasteiger partial charge in [-0.2, -0.15) is 5.10 Å². The normalized spacial score (nSPS) is 15.3. The molecule has 0 bridgehead atoms. The minimum absolute atomic E-state index is 0.0939. The van der Waals surface area contributed by atoms with Crippen molar-refractivity contribution in [2.75, 3.05) is 18.0 Å². The molecule has 3 aromatic rings. The molecular weight excluding hydrogens is 380 g/mol. The van der Waals surface area contributed by atoms with Crippen molar-refractivity contribution in [2.45, 2.75) is 45.2 Å². The number of aromatic nitrogens is 4. The number of carbonyl (C=O) groups excluding carboxylic acids is 1. The lowest BCUT2D eigenvalue weighted by Gasteiger charge is -2.29. The fourth-order valence-corrected chi connectivity index (χ4v) is 3.97. The number of carbonyl (C=O) groups is 1. The molecule has 0 radical (unpaired) electrons. The molecule has 1 aliphatic heterocycles. The Bertz CT molecular complexity index is 1080. The summed E-state index contributed by atoms with van der Waals surface area (Å²) >= 11 is 0. The summed E-state index contributed by atoms with van der Waals surface area (Å²) in [6.45, 7) is 4.49. The lowest BCUT2D eigenvalue weighted by atomic mass is 10.1. The molecule has 1 aliphatic rings. The zero-order valence-electron chi connectivity index (χ0n) is 17.5. The maximum atomic E-state index is 12.5. The average Bonchev–Trinajstić information content (AvgIpc) is 3.15. The van der Waals surface area contributed by atoms with Crippen molar-refractivity contribution >= 4 is 22.6 Å². The van der Waals surface area contributed by atoms with Crippen LogP contribution in [0.2, 0.25) is 0 Å². The molecule has 2 aromatic heterocycles. The number of fused-ring (bicyclic) bond motifs is 1. The topological polar surface area (TPSA) is 85.0 Å². The SMILES string of the molecule is C[C@@H](NC(=O)CCn1cnc2c(cnn2C)c1=O)c1ccc(N2CCCCC2)cc1. The van der Waals surface area contributed by atoms with E-state index in [0.717, 1.165) is 18.7 Å². The number of nitrogens with zero attached hydrogens (tertiary/aromatic N) is 5. The number of hydrogen-bond acceptors (Lipinski definition) is 5. The highest BCUT2D eigenvalue weighted by Crippen LogP contribution is 2.22. The van der Waals surface area contributed by atoms with E-state index in [9.17, 15) is 9.59 Å². The smallest absolute Gasteiger partial charge is 0.264 e. The molecule has 8 nitrogen and oxygen atoms in total. The molecule has 0 spiro atoms. The summed E-state index contributed by atoms with van der Waals surface area (Å²) in [6.07, 6.45) is 7.01. The quantitative estimate of drug-likeness (QED) is 0.677. The van der Waals surface area contributed by atoms with Gasteiger partial charge in [-0.25, -0.2) is 4.98 Å². The summed E-state index contributed by atoms with van der Waals surface area (Å²) in [4.78, 5) is 31.6. The van der Waals surface area contributed by atoms with E-state index in [-0.39, 0.29) is 30.5 Å². The first-order valence-corrected chi connectivity index (χ1v) is 10.5. The first-order chi connectivity index (χ1) is 14.5. The Morgan fingerprint density at radius 1 is 1.17 bits per heavy atom. The molecule has 8 heteroatoms. The molecule has 0 unspecified atom stereocenters. The first kappa shape index (κ1) is 20.1. The Balaban J connectivity index is 1.33. The third-order valence-corrected chi connectivity index (χ3v) is 5.79. The highest BCUT2D eigenvalue weighted by molar-refractivity contribution is 5.76. The number of rotatable bonds is 6. The summed E-state index contributed by atoms with van der Waals surface area (Å²) in [6, 6.07) is 8.35. The Labute approximate surface area is 175 Å². The van der Waals surface area contributed by atoms with Crippen molar-refractivity contribution in [1.82, 2.24) is 24.6 Å². The van der Waals surface area contributed by atoms with E-state index in [1.54, 1.807) is 11.7 Å². The largest absolute Gasteiger partial charge is 0.372 e. The van der Waals surface area contributed by atoms with E-state index in [1.165, 1.54) is 42.0 Å². The Morgan fingerprint density at radius 2 is 1.90 bits per heavy atom. The lowest BCUT2D eigenvalue weighted by Crippen LogP contribution is -2.30. The fraction of sp³-hybridized carbons (Fsp3) is 0.455. The van der Waals surface area contributed by atoms with E-state index < -0.39 is 0 Å². The first-order valence-electron chi connectivity index (χ1n) is 10.5. The summed E-state index contributed by atoms with van der Waals surface area (Å²) in [5.74, 6) is -0.0965. The predicted octanol–water partition coefficient (Wildman–Crippen LogP) is 2.39. The van der Waals surface area contributed by atoms with Crippen molar-refractivity contribution in [3.63, 3.8) is 0 Å². The monoisotopic (exact) mass is 408 g/mol. The van der Waals surface area contributed by atoms with E-state index in [2.05, 4.69) is 44.6 Å². The number of amides is 1. The molecule has 4 rings (SSSR count). The maximum absolute atomic E-state index is 12.5. The Hall–Kier alpha value is -3.16. The fourth-order valence-electron chi connectivity index (χ4n) is 3.97. The highest BCUT2D eigenvalue weighted by Gasteiger charge is 2.14. The number of piperidine rings is 1. The van der Waals surface area contributed by atoms with Crippen LogP contribution in [-0.2, 0) is 18.4 Å². The molecule has 1 aromatic carbocycles. The second kappa shape index (κ2) is 8.69. The molecule has 0 aliphatic carbocycles. The zero-order chi connectivity index (χ0) is 21.1. The molecule has 158 valence electrons. The van der Waals surface area contributed by atoms with Crippen molar-refractivity contribution in [3.8, 4) is 0 Å². The summed E-state index contributed by atoms with van der Waals surface area (Å²) < 4.78 is 3.02. The van der Waals surface area contributed by atoms with Gasteiger partial charge in [0, 0.05) is 38.8 Å². The Morgan fingerprint density at radius 3 is 2.63 bits per heavy atom. The van der Waals surface area contributed by atoms with E-state index in [4.69, 9.17) is 0 Å². The second-order valence-corrected chi connectivity index (χ2v) is 7.93.